The first-order valence-electron chi connectivity index (χ1n) is 3.51. The fraction of sp³-hybridized carbons (Fsp3) is 0.125. The van der Waals surface area contributed by atoms with E-state index >= 15 is 0 Å². The van der Waals surface area contributed by atoms with E-state index in [0.29, 0.717) is 0 Å². The fourth-order valence-corrected chi connectivity index (χ4v) is 0.821. The Morgan fingerprint density at radius 1 is 1.38 bits per heavy atom. The highest BCUT2D eigenvalue weighted by atomic mass is 16.3. The van der Waals surface area contributed by atoms with Crippen molar-refractivity contribution in [3.63, 3.8) is 0 Å². The standard InChI is InChI=1S/C8H8N2O3/c1-4(9)10-5-2-3-6(11)8(13)7(5)12/h2-3,9,12-13H,1H3. The molecule has 5 nitrogen and oxygen atoms in total. The van der Waals surface area contributed by atoms with E-state index in [1.165, 1.54) is 13.0 Å². The molecule has 0 aromatic carbocycles. The van der Waals surface area contributed by atoms with Crippen LogP contribution in [0, 0.1) is 5.41 Å². The molecule has 0 fully saturated rings. The Hall–Kier alpha value is -1.91. The summed E-state index contributed by atoms with van der Waals surface area (Å²) in [6.45, 7) is 1.42. The zero-order chi connectivity index (χ0) is 10.0. The highest BCUT2D eigenvalue weighted by Crippen LogP contribution is 2.10. The second-order valence-corrected chi connectivity index (χ2v) is 2.48. The molecule has 0 radical (unpaired) electrons. The van der Waals surface area contributed by atoms with Crippen molar-refractivity contribution >= 4 is 17.3 Å². The molecule has 0 unspecified atom stereocenters. The molecular weight excluding hydrogens is 172 g/mol. The Labute approximate surface area is 74.2 Å². The first-order valence-corrected chi connectivity index (χ1v) is 3.51. The summed E-state index contributed by atoms with van der Waals surface area (Å²) in [5.74, 6) is -2.01. The number of aliphatic hydroxyl groups is 2. The van der Waals surface area contributed by atoms with Crippen LogP contribution in [0.15, 0.2) is 28.7 Å². The van der Waals surface area contributed by atoms with Crippen LogP contribution in [0.4, 0.5) is 0 Å². The third kappa shape index (κ3) is 1.81. The van der Waals surface area contributed by atoms with Gasteiger partial charge in [0.25, 0.3) is 0 Å². The molecule has 0 aromatic heterocycles. The maximum Gasteiger partial charge on any atom is 0.224 e. The van der Waals surface area contributed by atoms with Gasteiger partial charge in [-0.3, -0.25) is 10.2 Å². The van der Waals surface area contributed by atoms with E-state index < -0.39 is 17.3 Å². The minimum Gasteiger partial charge on any atom is -0.503 e. The minimum atomic E-state index is -0.734. The van der Waals surface area contributed by atoms with E-state index in [1.54, 1.807) is 0 Å². The number of hydrogen-bond acceptors (Lipinski definition) is 4. The second-order valence-electron chi connectivity index (χ2n) is 2.48. The summed E-state index contributed by atoms with van der Waals surface area (Å²) < 4.78 is 0. The number of nitrogens with one attached hydrogen (secondary N) is 1. The molecule has 0 saturated carbocycles. The van der Waals surface area contributed by atoms with Gasteiger partial charge in [0, 0.05) is 0 Å². The van der Waals surface area contributed by atoms with Crippen molar-refractivity contribution in [2.75, 3.05) is 0 Å². The van der Waals surface area contributed by atoms with Gasteiger partial charge in [-0.05, 0) is 19.1 Å². The number of aliphatic hydroxyl groups excluding tert-OH is 2. The van der Waals surface area contributed by atoms with Crippen LogP contribution in [0.1, 0.15) is 6.92 Å². The molecule has 0 saturated heterocycles. The predicted molar refractivity (Wildman–Crippen MR) is 47.3 cm³/mol. The molecule has 5 heteroatoms. The molecule has 0 spiro atoms. The highest BCUT2D eigenvalue weighted by molar-refractivity contribution is 6.21. The average molecular weight is 180 g/mol. The third-order valence-corrected chi connectivity index (χ3v) is 1.38. The van der Waals surface area contributed by atoms with Crippen LogP contribution >= 0.6 is 0 Å². The number of allylic oxidation sites excluding steroid dienone is 2. The Morgan fingerprint density at radius 2 is 2.00 bits per heavy atom. The Morgan fingerprint density at radius 3 is 2.54 bits per heavy atom. The van der Waals surface area contributed by atoms with E-state index in [4.69, 9.17) is 10.5 Å². The second kappa shape index (κ2) is 3.22. The first kappa shape index (κ1) is 9.18. The largest absolute Gasteiger partial charge is 0.503 e. The molecule has 0 bridgehead atoms. The van der Waals surface area contributed by atoms with Crippen molar-refractivity contribution in [2.24, 2.45) is 4.99 Å². The highest BCUT2D eigenvalue weighted by Gasteiger charge is 2.19. The number of amidine groups is 1. The summed E-state index contributed by atoms with van der Waals surface area (Å²) in [4.78, 5) is 14.4. The first-order chi connectivity index (χ1) is 6.02. The van der Waals surface area contributed by atoms with Crippen LogP contribution in [0.3, 0.4) is 0 Å². The van der Waals surface area contributed by atoms with Crippen molar-refractivity contribution in [3.8, 4) is 0 Å². The number of carbonyl (C=O) groups excluding carboxylic acids is 1. The fourth-order valence-electron chi connectivity index (χ4n) is 0.821. The molecular formula is C8H8N2O3. The Bertz CT molecular complexity index is 364. The predicted octanol–water partition coefficient (Wildman–Crippen LogP) is 0.891. The summed E-state index contributed by atoms with van der Waals surface area (Å²) in [5.41, 5.74) is 0.0181. The Balaban J connectivity index is 3.13. The molecule has 68 valence electrons. The lowest BCUT2D eigenvalue weighted by Gasteiger charge is -2.06. The third-order valence-electron chi connectivity index (χ3n) is 1.38. The van der Waals surface area contributed by atoms with Crippen molar-refractivity contribution in [3.05, 3.63) is 23.7 Å². The van der Waals surface area contributed by atoms with Gasteiger partial charge in [-0.2, -0.15) is 0 Å². The van der Waals surface area contributed by atoms with Crippen molar-refractivity contribution < 1.29 is 15.0 Å². The van der Waals surface area contributed by atoms with Gasteiger partial charge in [-0.25, -0.2) is 4.99 Å². The monoisotopic (exact) mass is 180 g/mol. The lowest BCUT2D eigenvalue weighted by molar-refractivity contribution is -0.113. The quantitative estimate of drug-likeness (QED) is 0.293. The molecule has 1 rings (SSSR count). The maximum absolute atomic E-state index is 10.8. The summed E-state index contributed by atoms with van der Waals surface area (Å²) >= 11 is 0. The number of nitrogens with zero attached hydrogens (tertiary/aromatic N) is 1. The van der Waals surface area contributed by atoms with Gasteiger partial charge in [0.1, 0.15) is 11.5 Å². The molecule has 13 heavy (non-hydrogen) atoms. The molecule has 0 amide bonds. The van der Waals surface area contributed by atoms with Crippen LogP contribution in [-0.4, -0.2) is 27.5 Å². The lowest BCUT2D eigenvalue weighted by Crippen LogP contribution is -2.15. The SMILES string of the molecule is CC(=N)N=C1C=CC(=O)C(O)=C1O. The minimum absolute atomic E-state index is 0.0181. The maximum atomic E-state index is 10.8. The van der Waals surface area contributed by atoms with Gasteiger partial charge in [0.05, 0.1) is 0 Å². The smallest absolute Gasteiger partial charge is 0.224 e. The lowest BCUT2D eigenvalue weighted by atomic mass is 10.1. The molecule has 1 aliphatic carbocycles. The summed E-state index contributed by atoms with van der Waals surface area (Å²) in [6, 6.07) is 0. The van der Waals surface area contributed by atoms with Crippen LogP contribution in [0.5, 0.6) is 0 Å². The Kier molecular flexibility index (Phi) is 2.27. The van der Waals surface area contributed by atoms with E-state index in [1.807, 2.05) is 0 Å². The van der Waals surface area contributed by atoms with Gasteiger partial charge in [-0.1, -0.05) is 0 Å². The number of rotatable bonds is 0. The number of aliphatic imine (C=N–C) groups is 1. The van der Waals surface area contributed by atoms with Crippen LogP contribution in [0.25, 0.3) is 0 Å². The van der Waals surface area contributed by atoms with Gasteiger partial charge >= 0.3 is 0 Å². The zero-order valence-corrected chi connectivity index (χ0v) is 6.90. The number of ketones is 1. The molecule has 0 atom stereocenters. The van der Waals surface area contributed by atoms with Crippen molar-refractivity contribution in [1.82, 2.24) is 0 Å². The number of carbonyl (C=O) groups is 1. The molecule has 0 heterocycles. The van der Waals surface area contributed by atoms with E-state index in [9.17, 15) is 9.90 Å². The summed E-state index contributed by atoms with van der Waals surface area (Å²) in [5, 5.41) is 25.2. The molecule has 0 aliphatic heterocycles. The van der Waals surface area contributed by atoms with Crippen LogP contribution in [-0.2, 0) is 4.79 Å². The van der Waals surface area contributed by atoms with Crippen LogP contribution < -0.4 is 0 Å². The zero-order valence-electron chi connectivity index (χ0n) is 6.90. The summed E-state index contributed by atoms with van der Waals surface area (Å²) in [6.07, 6.45) is 2.33. The summed E-state index contributed by atoms with van der Waals surface area (Å²) in [7, 11) is 0. The van der Waals surface area contributed by atoms with Gasteiger partial charge < -0.3 is 10.2 Å². The van der Waals surface area contributed by atoms with E-state index in [-0.39, 0.29) is 11.5 Å². The van der Waals surface area contributed by atoms with Crippen LogP contribution in [0.2, 0.25) is 0 Å². The van der Waals surface area contributed by atoms with E-state index in [2.05, 4.69) is 4.99 Å². The number of hydrogen-bond donors (Lipinski definition) is 3. The van der Waals surface area contributed by atoms with Gasteiger partial charge in [-0.15, -0.1) is 0 Å². The van der Waals surface area contributed by atoms with Gasteiger partial charge in [0.2, 0.25) is 11.5 Å². The topological polar surface area (TPSA) is 93.7 Å². The molecule has 3 N–H and O–H groups in total. The normalized spacial score (nSPS) is 19.8. The average Bonchev–Trinajstić information content (AvgIpc) is 2.06. The van der Waals surface area contributed by atoms with E-state index in [0.717, 1.165) is 6.08 Å². The van der Waals surface area contributed by atoms with Crippen molar-refractivity contribution in [2.45, 2.75) is 6.92 Å². The molecule has 1 aliphatic rings. The van der Waals surface area contributed by atoms with Gasteiger partial charge in [0.15, 0.2) is 5.76 Å². The molecule has 0 aromatic rings. The van der Waals surface area contributed by atoms with Crippen molar-refractivity contribution in [1.29, 1.82) is 5.41 Å².